The number of ether oxygens (including phenoxy) is 2. The summed E-state index contributed by atoms with van der Waals surface area (Å²) >= 11 is 0. The van der Waals surface area contributed by atoms with Crippen molar-refractivity contribution in [3.8, 4) is 11.5 Å². The van der Waals surface area contributed by atoms with Gasteiger partial charge in [0.05, 0.1) is 9.82 Å². The second-order valence-corrected chi connectivity index (χ2v) is 8.28. The summed E-state index contributed by atoms with van der Waals surface area (Å²) in [7, 11) is -2.24. The molecule has 0 bridgehead atoms. The van der Waals surface area contributed by atoms with Gasteiger partial charge in [0.2, 0.25) is 16.8 Å². The lowest BCUT2D eigenvalue weighted by Crippen LogP contribution is -2.42. The van der Waals surface area contributed by atoms with Gasteiger partial charge in [-0.1, -0.05) is 12.1 Å². The van der Waals surface area contributed by atoms with Crippen LogP contribution in [0.4, 0.5) is 5.69 Å². The summed E-state index contributed by atoms with van der Waals surface area (Å²) in [6.07, 6.45) is 0.733. The molecule has 0 spiro atoms. The van der Waals surface area contributed by atoms with E-state index >= 15 is 0 Å². The molecular formula is C19H23N5O6S. The molecule has 0 radical (unpaired) electrons. The van der Waals surface area contributed by atoms with Gasteiger partial charge in [0.25, 0.3) is 5.69 Å². The Bertz CT molecular complexity index is 1070. The first-order valence-corrected chi connectivity index (χ1v) is 10.9. The summed E-state index contributed by atoms with van der Waals surface area (Å²) in [4.78, 5) is 14.1. The third-order valence-corrected chi connectivity index (χ3v) is 5.87. The molecule has 0 fully saturated rings. The normalized spacial score (nSPS) is 13.1. The minimum atomic E-state index is -3.86. The third kappa shape index (κ3) is 6.06. The highest BCUT2D eigenvalue weighted by atomic mass is 32.2. The van der Waals surface area contributed by atoms with Crippen LogP contribution in [0.15, 0.2) is 52.4 Å². The van der Waals surface area contributed by atoms with Crippen LogP contribution in [0.3, 0.4) is 0 Å². The second-order valence-electron chi connectivity index (χ2n) is 6.52. The number of sulfonamides is 1. The van der Waals surface area contributed by atoms with Gasteiger partial charge in [-0.2, -0.15) is 0 Å². The summed E-state index contributed by atoms with van der Waals surface area (Å²) in [6.45, 7) is 1.20. The van der Waals surface area contributed by atoms with Crippen molar-refractivity contribution in [1.82, 2.24) is 15.4 Å². The van der Waals surface area contributed by atoms with Crippen molar-refractivity contribution in [1.29, 1.82) is 0 Å². The second kappa shape index (κ2) is 10.1. The molecular weight excluding hydrogens is 426 g/mol. The molecule has 11 nitrogen and oxygen atoms in total. The van der Waals surface area contributed by atoms with Gasteiger partial charge in [0, 0.05) is 38.8 Å². The number of guanidine groups is 1. The van der Waals surface area contributed by atoms with Crippen molar-refractivity contribution in [3.05, 3.63) is 58.1 Å². The third-order valence-electron chi connectivity index (χ3n) is 4.41. The van der Waals surface area contributed by atoms with Crippen LogP contribution in [-0.2, 0) is 16.4 Å². The molecule has 2 aromatic rings. The minimum Gasteiger partial charge on any atom is -0.454 e. The Hall–Kier alpha value is -3.38. The van der Waals surface area contributed by atoms with Crippen LogP contribution in [0.1, 0.15) is 5.56 Å². The lowest BCUT2D eigenvalue weighted by Gasteiger charge is -2.12. The van der Waals surface area contributed by atoms with E-state index in [9.17, 15) is 18.5 Å². The molecule has 31 heavy (non-hydrogen) atoms. The number of fused-ring (bicyclic) bond motifs is 1. The Balaban J connectivity index is 1.41. The number of hydrogen-bond acceptors (Lipinski definition) is 7. The number of nitro groups is 1. The molecule has 0 aromatic heterocycles. The monoisotopic (exact) mass is 449 g/mol. The molecule has 0 saturated carbocycles. The van der Waals surface area contributed by atoms with Gasteiger partial charge in [0.1, 0.15) is 0 Å². The highest BCUT2D eigenvalue weighted by molar-refractivity contribution is 7.89. The van der Waals surface area contributed by atoms with Gasteiger partial charge < -0.3 is 20.1 Å². The lowest BCUT2D eigenvalue weighted by atomic mass is 10.1. The van der Waals surface area contributed by atoms with Crippen LogP contribution < -0.4 is 24.8 Å². The van der Waals surface area contributed by atoms with Gasteiger partial charge in [-0.25, -0.2) is 13.1 Å². The van der Waals surface area contributed by atoms with Crippen LogP contribution in [0.5, 0.6) is 11.5 Å². The number of aliphatic imine (C=N–C) groups is 1. The number of rotatable bonds is 9. The molecule has 0 atom stereocenters. The minimum absolute atomic E-state index is 0.0773. The molecule has 1 aliphatic heterocycles. The van der Waals surface area contributed by atoms with Crippen molar-refractivity contribution in [2.75, 3.05) is 33.5 Å². The lowest BCUT2D eigenvalue weighted by molar-refractivity contribution is -0.385. The molecule has 3 N–H and O–H groups in total. The summed E-state index contributed by atoms with van der Waals surface area (Å²) in [5, 5.41) is 17.0. The molecule has 2 aromatic carbocycles. The zero-order chi connectivity index (χ0) is 22.3. The van der Waals surface area contributed by atoms with Crippen molar-refractivity contribution in [3.63, 3.8) is 0 Å². The molecule has 12 heteroatoms. The number of nitrogens with one attached hydrogen (secondary N) is 3. The molecule has 1 aliphatic rings. The van der Waals surface area contributed by atoms with E-state index in [0.717, 1.165) is 29.5 Å². The predicted octanol–water partition coefficient (Wildman–Crippen LogP) is 1.01. The van der Waals surface area contributed by atoms with Gasteiger partial charge in [-0.15, -0.1) is 0 Å². The zero-order valence-corrected chi connectivity index (χ0v) is 17.6. The van der Waals surface area contributed by atoms with E-state index in [-0.39, 0.29) is 30.5 Å². The molecule has 0 amide bonds. The first-order chi connectivity index (χ1) is 14.9. The van der Waals surface area contributed by atoms with Crippen molar-refractivity contribution in [2.24, 2.45) is 4.99 Å². The van der Waals surface area contributed by atoms with E-state index in [1.54, 1.807) is 7.05 Å². The Morgan fingerprint density at radius 1 is 1.10 bits per heavy atom. The Labute approximate surface area is 179 Å². The summed E-state index contributed by atoms with van der Waals surface area (Å²) in [5.74, 6) is 1.99. The summed E-state index contributed by atoms with van der Waals surface area (Å²) in [6, 6.07) is 10.7. The van der Waals surface area contributed by atoms with Crippen molar-refractivity contribution < 1.29 is 22.8 Å². The number of nitro benzene ring substituents is 1. The summed E-state index contributed by atoms with van der Waals surface area (Å²) < 4.78 is 37.7. The van der Waals surface area contributed by atoms with Crippen LogP contribution in [-0.4, -0.2) is 52.8 Å². The summed E-state index contributed by atoms with van der Waals surface area (Å²) in [5.41, 5.74) is 0.796. The number of benzene rings is 2. The predicted molar refractivity (Wildman–Crippen MR) is 114 cm³/mol. The molecule has 0 unspecified atom stereocenters. The molecule has 1 heterocycles. The van der Waals surface area contributed by atoms with Crippen molar-refractivity contribution in [2.45, 2.75) is 11.3 Å². The molecule has 3 rings (SSSR count). The highest BCUT2D eigenvalue weighted by Gasteiger charge is 2.17. The van der Waals surface area contributed by atoms with Crippen LogP contribution >= 0.6 is 0 Å². The zero-order valence-electron chi connectivity index (χ0n) is 16.8. The first-order valence-electron chi connectivity index (χ1n) is 9.46. The van der Waals surface area contributed by atoms with Crippen LogP contribution in [0.2, 0.25) is 0 Å². The standard InChI is InChI=1S/C19H23N5O6S/c1-20-19(21-8-7-14-5-6-17-18(11-14)30-13-29-17)22-9-10-23-31(27,28)16-4-2-3-15(12-16)24(25)26/h2-6,11-12,23H,7-10,13H2,1H3,(H2,20,21,22). The van der Waals surface area contributed by atoms with E-state index in [4.69, 9.17) is 9.47 Å². The number of non-ortho nitro benzene ring substituents is 1. The molecule has 166 valence electrons. The topological polar surface area (TPSA) is 144 Å². The molecule has 0 aliphatic carbocycles. The van der Waals surface area contributed by atoms with E-state index in [1.807, 2.05) is 18.2 Å². The smallest absolute Gasteiger partial charge is 0.270 e. The Kier molecular flexibility index (Phi) is 7.26. The van der Waals surface area contributed by atoms with E-state index in [0.29, 0.717) is 12.5 Å². The fraction of sp³-hybridized carbons (Fsp3) is 0.316. The SMILES string of the molecule is CN=C(NCCNS(=O)(=O)c1cccc([N+](=O)[O-])c1)NCCc1ccc2c(c1)OCO2. The van der Waals surface area contributed by atoms with Gasteiger partial charge >= 0.3 is 0 Å². The maximum Gasteiger partial charge on any atom is 0.270 e. The number of nitrogens with zero attached hydrogens (tertiary/aromatic N) is 2. The Morgan fingerprint density at radius 2 is 1.87 bits per heavy atom. The fourth-order valence-electron chi connectivity index (χ4n) is 2.86. The van der Waals surface area contributed by atoms with E-state index in [1.165, 1.54) is 18.2 Å². The largest absolute Gasteiger partial charge is 0.454 e. The maximum absolute atomic E-state index is 12.3. The average Bonchev–Trinajstić information content (AvgIpc) is 3.23. The average molecular weight is 449 g/mol. The van der Waals surface area contributed by atoms with Crippen LogP contribution in [0, 0.1) is 10.1 Å². The molecule has 0 saturated heterocycles. The van der Waals surface area contributed by atoms with Gasteiger partial charge in [-0.05, 0) is 30.2 Å². The van der Waals surface area contributed by atoms with E-state index < -0.39 is 14.9 Å². The maximum atomic E-state index is 12.3. The highest BCUT2D eigenvalue weighted by Crippen LogP contribution is 2.32. The number of hydrogen-bond donors (Lipinski definition) is 3. The van der Waals surface area contributed by atoms with Gasteiger partial charge in [0.15, 0.2) is 17.5 Å². The van der Waals surface area contributed by atoms with Gasteiger partial charge in [-0.3, -0.25) is 15.1 Å². The van der Waals surface area contributed by atoms with Crippen molar-refractivity contribution >= 4 is 21.7 Å². The van der Waals surface area contributed by atoms with E-state index in [2.05, 4.69) is 20.3 Å². The first kappa shape index (κ1) is 22.3. The van der Waals surface area contributed by atoms with Crippen LogP contribution in [0.25, 0.3) is 0 Å². The Morgan fingerprint density at radius 3 is 2.65 bits per heavy atom. The quantitative estimate of drug-likeness (QED) is 0.169. The fourth-order valence-corrected chi connectivity index (χ4v) is 3.93.